The molecule has 0 saturated carbocycles. The molecule has 0 bridgehead atoms. The van der Waals surface area contributed by atoms with Gasteiger partial charge in [-0.3, -0.25) is 14.4 Å². The van der Waals surface area contributed by atoms with Crippen molar-refractivity contribution >= 4 is 15.7 Å². The molecule has 10 heteroatoms. The SMILES string of the molecule is Cc1n[nH]c(C)c1S(=O)(=O)Nc1ccc(-n2cnnc2)nc1. The Bertz CT molecular complexity index is 863. The van der Waals surface area contributed by atoms with Gasteiger partial charge >= 0.3 is 0 Å². The van der Waals surface area contributed by atoms with Crippen LogP contribution in [0, 0.1) is 13.8 Å². The predicted molar refractivity (Wildman–Crippen MR) is 78.0 cm³/mol. The second kappa shape index (κ2) is 5.22. The second-order valence-corrected chi connectivity index (χ2v) is 6.26. The Hall–Kier alpha value is -2.75. The van der Waals surface area contributed by atoms with Crippen molar-refractivity contribution in [3.63, 3.8) is 0 Å². The minimum absolute atomic E-state index is 0.149. The molecule has 0 amide bonds. The van der Waals surface area contributed by atoms with Crippen LogP contribution in [0.25, 0.3) is 5.82 Å². The summed E-state index contributed by atoms with van der Waals surface area (Å²) in [5.41, 5.74) is 1.26. The van der Waals surface area contributed by atoms with Gasteiger partial charge in [-0.1, -0.05) is 0 Å². The summed E-state index contributed by atoms with van der Waals surface area (Å²) in [6, 6.07) is 3.28. The molecule has 0 spiro atoms. The number of H-pyrrole nitrogens is 1. The predicted octanol–water partition coefficient (Wildman–Crippen LogP) is 0.803. The topological polar surface area (TPSA) is 118 Å². The van der Waals surface area contributed by atoms with Crippen LogP contribution in [0.15, 0.2) is 35.9 Å². The Balaban J connectivity index is 1.87. The number of aromatic amines is 1. The standard InChI is InChI=1S/C12H13N7O2S/c1-8-12(9(2)17-16-8)22(20,21)18-10-3-4-11(13-5-10)19-6-14-15-7-19/h3-7,18H,1-2H3,(H,16,17). The molecule has 0 aliphatic carbocycles. The van der Waals surface area contributed by atoms with Crippen molar-refractivity contribution in [1.29, 1.82) is 0 Å². The van der Waals surface area contributed by atoms with Crippen LogP contribution in [0.3, 0.4) is 0 Å². The van der Waals surface area contributed by atoms with Gasteiger partial charge in [-0.25, -0.2) is 13.4 Å². The van der Waals surface area contributed by atoms with Gasteiger partial charge < -0.3 is 0 Å². The van der Waals surface area contributed by atoms with E-state index < -0.39 is 10.0 Å². The van der Waals surface area contributed by atoms with Crippen molar-refractivity contribution in [3.8, 4) is 5.82 Å². The first-order valence-corrected chi connectivity index (χ1v) is 7.81. The number of sulfonamides is 1. The van der Waals surface area contributed by atoms with E-state index in [1.54, 1.807) is 30.5 Å². The van der Waals surface area contributed by atoms with Gasteiger partial charge in [0.25, 0.3) is 10.0 Å². The van der Waals surface area contributed by atoms with Gasteiger partial charge in [-0.05, 0) is 26.0 Å². The fourth-order valence-electron chi connectivity index (χ4n) is 2.06. The van der Waals surface area contributed by atoms with Crippen LogP contribution in [0.5, 0.6) is 0 Å². The highest BCUT2D eigenvalue weighted by atomic mass is 32.2. The van der Waals surface area contributed by atoms with Gasteiger partial charge in [0.05, 0.1) is 23.3 Å². The number of pyridine rings is 1. The third kappa shape index (κ3) is 2.55. The maximum atomic E-state index is 12.4. The summed E-state index contributed by atoms with van der Waals surface area (Å²) in [5, 5.41) is 13.9. The van der Waals surface area contributed by atoms with Gasteiger partial charge in [-0.15, -0.1) is 10.2 Å². The average molecular weight is 319 g/mol. The van der Waals surface area contributed by atoms with E-state index in [9.17, 15) is 8.42 Å². The van der Waals surface area contributed by atoms with Gasteiger partial charge in [0.1, 0.15) is 23.4 Å². The van der Waals surface area contributed by atoms with Crippen molar-refractivity contribution in [2.75, 3.05) is 4.72 Å². The highest BCUT2D eigenvalue weighted by Crippen LogP contribution is 2.20. The molecule has 0 unspecified atom stereocenters. The first-order valence-electron chi connectivity index (χ1n) is 6.33. The molecular formula is C12H13N7O2S. The summed E-state index contributed by atoms with van der Waals surface area (Å²) in [6.07, 6.45) is 4.44. The number of nitrogens with zero attached hydrogens (tertiary/aromatic N) is 5. The molecule has 3 rings (SSSR count). The lowest BCUT2D eigenvalue weighted by Gasteiger charge is -2.08. The van der Waals surface area contributed by atoms with E-state index in [-0.39, 0.29) is 4.90 Å². The molecule has 0 aliphatic heterocycles. The first kappa shape index (κ1) is 14.2. The number of hydrogen-bond donors (Lipinski definition) is 2. The smallest absolute Gasteiger partial charge is 0.265 e. The van der Waals surface area contributed by atoms with Crippen LogP contribution < -0.4 is 4.72 Å². The lowest BCUT2D eigenvalue weighted by Crippen LogP contribution is -2.14. The highest BCUT2D eigenvalue weighted by molar-refractivity contribution is 7.92. The molecule has 3 heterocycles. The summed E-state index contributed by atoms with van der Waals surface area (Å²) >= 11 is 0. The fraction of sp³-hybridized carbons (Fsp3) is 0.167. The van der Waals surface area contributed by atoms with Crippen LogP contribution in [0.4, 0.5) is 5.69 Å². The van der Waals surface area contributed by atoms with Crippen LogP contribution in [0.1, 0.15) is 11.4 Å². The quantitative estimate of drug-likeness (QED) is 0.734. The average Bonchev–Trinajstić information content (AvgIpc) is 3.09. The normalized spacial score (nSPS) is 11.5. The molecule has 0 radical (unpaired) electrons. The maximum absolute atomic E-state index is 12.4. The molecule has 0 aromatic carbocycles. The number of aromatic nitrogens is 6. The zero-order valence-electron chi connectivity index (χ0n) is 11.8. The summed E-state index contributed by atoms with van der Waals surface area (Å²) in [5.74, 6) is 0.587. The summed E-state index contributed by atoms with van der Waals surface area (Å²) in [7, 11) is -3.71. The zero-order chi connectivity index (χ0) is 15.7. The molecule has 0 saturated heterocycles. The zero-order valence-corrected chi connectivity index (χ0v) is 12.7. The summed E-state index contributed by atoms with van der Waals surface area (Å²) in [6.45, 7) is 3.29. The molecule has 2 N–H and O–H groups in total. The molecular weight excluding hydrogens is 306 g/mol. The Morgan fingerprint density at radius 3 is 2.45 bits per heavy atom. The minimum Gasteiger partial charge on any atom is -0.281 e. The van der Waals surface area contributed by atoms with Crippen LogP contribution in [0.2, 0.25) is 0 Å². The van der Waals surface area contributed by atoms with E-state index >= 15 is 0 Å². The summed E-state index contributed by atoms with van der Waals surface area (Å²) in [4.78, 5) is 4.31. The highest BCUT2D eigenvalue weighted by Gasteiger charge is 2.22. The second-order valence-electron chi connectivity index (χ2n) is 4.64. The van der Waals surface area contributed by atoms with Crippen LogP contribution in [-0.4, -0.2) is 38.4 Å². The van der Waals surface area contributed by atoms with E-state index in [0.717, 1.165) is 0 Å². The molecule has 0 aliphatic rings. The maximum Gasteiger partial charge on any atom is 0.265 e. The van der Waals surface area contributed by atoms with E-state index in [1.165, 1.54) is 18.9 Å². The molecule has 3 aromatic heterocycles. The molecule has 9 nitrogen and oxygen atoms in total. The van der Waals surface area contributed by atoms with Crippen molar-refractivity contribution in [2.24, 2.45) is 0 Å². The number of anilines is 1. The number of hydrogen-bond acceptors (Lipinski definition) is 6. The van der Waals surface area contributed by atoms with E-state index in [1.807, 2.05) is 0 Å². The van der Waals surface area contributed by atoms with Crippen molar-refractivity contribution in [2.45, 2.75) is 18.7 Å². The van der Waals surface area contributed by atoms with Gasteiger partial charge in [0, 0.05) is 0 Å². The number of aryl methyl sites for hydroxylation is 2. The Morgan fingerprint density at radius 2 is 1.91 bits per heavy atom. The van der Waals surface area contributed by atoms with Crippen LogP contribution in [-0.2, 0) is 10.0 Å². The monoisotopic (exact) mass is 319 g/mol. The van der Waals surface area contributed by atoms with Crippen molar-refractivity contribution in [1.82, 2.24) is 29.9 Å². The fourth-order valence-corrected chi connectivity index (χ4v) is 3.48. The first-order chi connectivity index (χ1) is 10.5. The van der Waals surface area contributed by atoms with E-state index in [4.69, 9.17) is 0 Å². The molecule has 3 aromatic rings. The van der Waals surface area contributed by atoms with Gasteiger partial charge in [0.2, 0.25) is 0 Å². The molecule has 22 heavy (non-hydrogen) atoms. The Morgan fingerprint density at radius 1 is 1.18 bits per heavy atom. The van der Waals surface area contributed by atoms with Gasteiger partial charge in [0.15, 0.2) is 0 Å². The van der Waals surface area contributed by atoms with Crippen molar-refractivity contribution in [3.05, 3.63) is 42.4 Å². The van der Waals surface area contributed by atoms with E-state index in [0.29, 0.717) is 22.9 Å². The third-order valence-corrected chi connectivity index (χ3v) is 4.66. The molecule has 114 valence electrons. The third-order valence-electron chi connectivity index (χ3n) is 3.01. The van der Waals surface area contributed by atoms with E-state index in [2.05, 4.69) is 30.1 Å². The lowest BCUT2D eigenvalue weighted by atomic mass is 10.4. The largest absolute Gasteiger partial charge is 0.281 e. The molecule has 0 atom stereocenters. The Labute approximate surface area is 126 Å². The van der Waals surface area contributed by atoms with Crippen LogP contribution >= 0.6 is 0 Å². The van der Waals surface area contributed by atoms with Crippen molar-refractivity contribution < 1.29 is 8.42 Å². The Kier molecular flexibility index (Phi) is 3.37. The number of nitrogens with one attached hydrogen (secondary N) is 2. The van der Waals surface area contributed by atoms with Gasteiger partial charge in [-0.2, -0.15) is 5.10 Å². The minimum atomic E-state index is -3.71. The molecule has 0 fully saturated rings. The lowest BCUT2D eigenvalue weighted by molar-refractivity contribution is 0.600. The summed E-state index contributed by atoms with van der Waals surface area (Å²) < 4.78 is 28.9. The number of rotatable bonds is 4.